The molecule has 1 aliphatic rings. The van der Waals surface area contributed by atoms with Crippen LogP contribution in [0.2, 0.25) is 0 Å². The number of hydrogen-bond acceptors (Lipinski definition) is 4. The lowest BCUT2D eigenvalue weighted by Crippen LogP contribution is -2.29. The van der Waals surface area contributed by atoms with E-state index >= 15 is 0 Å². The van der Waals surface area contributed by atoms with Crippen LogP contribution in [0.25, 0.3) is 16.5 Å². The van der Waals surface area contributed by atoms with E-state index in [4.69, 9.17) is 4.74 Å². The van der Waals surface area contributed by atoms with Crippen LogP contribution in [-0.2, 0) is 9.59 Å². The number of halogens is 1. The van der Waals surface area contributed by atoms with Gasteiger partial charge in [0.15, 0.2) is 0 Å². The molecule has 5 rings (SSSR count). The molecule has 0 aromatic heterocycles. The number of hydrogen-bond donors (Lipinski definition) is 1. The number of amides is 1. The van der Waals surface area contributed by atoms with Crippen molar-refractivity contribution in [1.29, 1.82) is 0 Å². The van der Waals surface area contributed by atoms with Crippen LogP contribution in [0.4, 0.5) is 10.1 Å². The fourth-order valence-corrected chi connectivity index (χ4v) is 4.40. The summed E-state index contributed by atoms with van der Waals surface area (Å²) in [5.74, 6) is -1.82. The molecule has 1 fully saturated rings. The first kappa shape index (κ1) is 21.4. The molecular weight excluding hydrogens is 433 g/mol. The van der Waals surface area contributed by atoms with Gasteiger partial charge in [0.25, 0.3) is 11.7 Å². The van der Waals surface area contributed by atoms with Crippen molar-refractivity contribution in [1.82, 2.24) is 0 Å². The van der Waals surface area contributed by atoms with Gasteiger partial charge in [0.05, 0.1) is 18.7 Å². The van der Waals surface area contributed by atoms with Crippen molar-refractivity contribution in [2.75, 3.05) is 12.0 Å². The molecule has 0 bridgehead atoms. The first-order chi connectivity index (χ1) is 16.5. The van der Waals surface area contributed by atoms with Gasteiger partial charge in [-0.15, -0.1) is 0 Å². The molecule has 34 heavy (non-hydrogen) atoms. The monoisotopic (exact) mass is 453 g/mol. The Morgan fingerprint density at radius 2 is 1.62 bits per heavy atom. The smallest absolute Gasteiger partial charge is 0.300 e. The standard InChI is InChI=1S/C28H20FNO4/c1-34-21-9-4-8-18(16-21)25-24(26(31)23-11-5-7-17-6-2-3-10-22(17)23)27(32)28(33)30(25)20-14-12-19(29)13-15-20/h2-16,25,31H,1H3/b26-24-. The van der Waals surface area contributed by atoms with Crippen molar-refractivity contribution in [3.05, 3.63) is 114 Å². The number of rotatable bonds is 4. The number of ketones is 1. The minimum absolute atomic E-state index is 0.0427. The maximum Gasteiger partial charge on any atom is 0.300 e. The minimum Gasteiger partial charge on any atom is -0.507 e. The lowest BCUT2D eigenvalue weighted by atomic mass is 9.93. The zero-order valence-electron chi connectivity index (χ0n) is 18.2. The van der Waals surface area contributed by atoms with Crippen molar-refractivity contribution < 1.29 is 23.8 Å². The van der Waals surface area contributed by atoms with E-state index in [9.17, 15) is 19.1 Å². The van der Waals surface area contributed by atoms with Crippen LogP contribution in [0.15, 0.2) is 96.6 Å². The molecule has 0 spiro atoms. The van der Waals surface area contributed by atoms with Crippen LogP contribution in [0, 0.1) is 5.82 Å². The number of carbonyl (C=O) groups is 2. The molecule has 1 aliphatic heterocycles. The quantitative estimate of drug-likeness (QED) is 0.248. The number of aliphatic hydroxyl groups excluding tert-OH is 1. The van der Waals surface area contributed by atoms with E-state index in [1.807, 2.05) is 30.3 Å². The van der Waals surface area contributed by atoms with Gasteiger partial charge >= 0.3 is 0 Å². The van der Waals surface area contributed by atoms with Gasteiger partial charge in [-0.05, 0) is 52.7 Å². The summed E-state index contributed by atoms with van der Waals surface area (Å²) >= 11 is 0. The molecule has 1 amide bonds. The van der Waals surface area contributed by atoms with Gasteiger partial charge < -0.3 is 9.84 Å². The highest BCUT2D eigenvalue weighted by atomic mass is 19.1. The average molecular weight is 453 g/mol. The lowest BCUT2D eigenvalue weighted by Gasteiger charge is -2.25. The maximum absolute atomic E-state index is 13.6. The molecule has 4 aromatic carbocycles. The highest BCUT2D eigenvalue weighted by molar-refractivity contribution is 6.51. The molecule has 5 nitrogen and oxygen atoms in total. The van der Waals surface area contributed by atoms with E-state index in [2.05, 4.69) is 0 Å². The topological polar surface area (TPSA) is 66.8 Å². The summed E-state index contributed by atoms with van der Waals surface area (Å²) in [5.41, 5.74) is 1.32. The molecule has 0 radical (unpaired) electrons. The highest BCUT2D eigenvalue weighted by Crippen LogP contribution is 2.43. The summed E-state index contributed by atoms with van der Waals surface area (Å²) in [6.07, 6.45) is 0. The number of Topliss-reactive ketones (excluding diaryl/α,β-unsaturated/α-hetero) is 1. The molecule has 168 valence electrons. The first-order valence-corrected chi connectivity index (χ1v) is 10.7. The molecule has 0 saturated carbocycles. The third-order valence-electron chi connectivity index (χ3n) is 6.00. The second kappa shape index (κ2) is 8.48. The highest BCUT2D eigenvalue weighted by Gasteiger charge is 2.47. The van der Waals surface area contributed by atoms with E-state index in [0.717, 1.165) is 10.8 Å². The molecule has 4 aromatic rings. The summed E-state index contributed by atoms with van der Waals surface area (Å²) in [6.45, 7) is 0. The number of nitrogens with zero attached hydrogens (tertiary/aromatic N) is 1. The van der Waals surface area contributed by atoms with Crippen LogP contribution < -0.4 is 9.64 Å². The van der Waals surface area contributed by atoms with Crippen molar-refractivity contribution >= 4 is 33.9 Å². The molecule has 6 heteroatoms. The normalized spacial score (nSPS) is 17.4. The Kier molecular flexibility index (Phi) is 5.34. The fraction of sp³-hybridized carbons (Fsp3) is 0.0714. The number of fused-ring (bicyclic) bond motifs is 1. The third-order valence-corrected chi connectivity index (χ3v) is 6.00. The number of ether oxygens (including phenoxy) is 1. The molecule has 1 heterocycles. The Balaban J connectivity index is 1.78. The number of carbonyl (C=O) groups excluding carboxylic acids is 2. The molecule has 0 aliphatic carbocycles. The Morgan fingerprint density at radius 3 is 2.38 bits per heavy atom. The van der Waals surface area contributed by atoms with Gasteiger partial charge in [-0.1, -0.05) is 54.6 Å². The van der Waals surface area contributed by atoms with Gasteiger partial charge in [-0.25, -0.2) is 4.39 Å². The first-order valence-electron chi connectivity index (χ1n) is 10.7. The van der Waals surface area contributed by atoms with Gasteiger partial charge in [0, 0.05) is 11.3 Å². The zero-order valence-corrected chi connectivity index (χ0v) is 18.2. The van der Waals surface area contributed by atoms with E-state index in [1.165, 1.54) is 36.3 Å². The number of methoxy groups -OCH3 is 1. The predicted molar refractivity (Wildman–Crippen MR) is 128 cm³/mol. The van der Waals surface area contributed by atoms with Crippen LogP contribution >= 0.6 is 0 Å². The lowest BCUT2D eigenvalue weighted by molar-refractivity contribution is -0.132. The maximum atomic E-state index is 13.6. The largest absolute Gasteiger partial charge is 0.507 e. The van der Waals surface area contributed by atoms with Crippen molar-refractivity contribution in [2.45, 2.75) is 6.04 Å². The van der Waals surface area contributed by atoms with Gasteiger partial charge in [-0.2, -0.15) is 0 Å². The summed E-state index contributed by atoms with van der Waals surface area (Å²) in [6, 6.07) is 24.2. The predicted octanol–water partition coefficient (Wildman–Crippen LogP) is 5.61. The zero-order chi connectivity index (χ0) is 23.8. The average Bonchev–Trinajstić information content (AvgIpc) is 3.14. The molecular formula is C28H20FNO4. The van der Waals surface area contributed by atoms with E-state index in [1.54, 1.807) is 36.4 Å². The second-order valence-corrected chi connectivity index (χ2v) is 7.95. The summed E-state index contributed by atoms with van der Waals surface area (Å²) in [7, 11) is 1.52. The molecule has 1 N–H and O–H groups in total. The summed E-state index contributed by atoms with van der Waals surface area (Å²) in [4.78, 5) is 27.9. The fourth-order valence-electron chi connectivity index (χ4n) is 4.40. The summed E-state index contributed by atoms with van der Waals surface area (Å²) < 4.78 is 19.0. The molecule has 1 unspecified atom stereocenters. The number of benzene rings is 4. The van der Waals surface area contributed by atoms with Crippen LogP contribution in [0.5, 0.6) is 5.75 Å². The van der Waals surface area contributed by atoms with Crippen LogP contribution in [-0.4, -0.2) is 23.9 Å². The Bertz CT molecular complexity index is 1450. The van der Waals surface area contributed by atoms with E-state index in [0.29, 0.717) is 22.6 Å². The van der Waals surface area contributed by atoms with Gasteiger partial charge in [-0.3, -0.25) is 14.5 Å². The molecule has 1 atom stereocenters. The second-order valence-electron chi connectivity index (χ2n) is 7.95. The van der Waals surface area contributed by atoms with Crippen molar-refractivity contribution in [2.24, 2.45) is 0 Å². The Morgan fingerprint density at radius 1 is 0.912 bits per heavy atom. The number of aliphatic hydroxyl groups is 1. The Hall–Kier alpha value is -4.45. The Labute approximate surface area is 195 Å². The third kappa shape index (κ3) is 3.49. The van der Waals surface area contributed by atoms with Gasteiger partial charge in [0.1, 0.15) is 17.3 Å². The van der Waals surface area contributed by atoms with Crippen LogP contribution in [0.1, 0.15) is 17.2 Å². The minimum atomic E-state index is -0.931. The van der Waals surface area contributed by atoms with Crippen molar-refractivity contribution in [3.8, 4) is 5.75 Å². The van der Waals surface area contributed by atoms with Crippen molar-refractivity contribution in [3.63, 3.8) is 0 Å². The van der Waals surface area contributed by atoms with E-state index < -0.39 is 23.5 Å². The van der Waals surface area contributed by atoms with Crippen LogP contribution in [0.3, 0.4) is 0 Å². The number of anilines is 1. The van der Waals surface area contributed by atoms with Gasteiger partial charge in [0.2, 0.25) is 0 Å². The SMILES string of the molecule is COc1cccc(C2/C(=C(/O)c3cccc4ccccc34)C(=O)C(=O)N2c2ccc(F)cc2)c1. The molecule has 1 saturated heterocycles. The van der Waals surface area contributed by atoms with E-state index in [-0.39, 0.29) is 11.3 Å². The summed E-state index contributed by atoms with van der Waals surface area (Å²) in [5, 5.41) is 13.1.